The van der Waals surface area contributed by atoms with Gasteiger partial charge in [-0.3, -0.25) is 9.59 Å². The highest BCUT2D eigenvalue weighted by molar-refractivity contribution is 5.94. The van der Waals surface area contributed by atoms with Gasteiger partial charge in [0.1, 0.15) is 5.82 Å². The Hall–Kier alpha value is -3.94. The summed E-state index contributed by atoms with van der Waals surface area (Å²) in [6.45, 7) is 2.79. The molecular weight excluding hydrogens is 444 g/mol. The van der Waals surface area contributed by atoms with E-state index in [1.165, 1.54) is 18.1 Å². The first-order valence-corrected chi connectivity index (χ1v) is 11.9. The molecule has 8 nitrogen and oxygen atoms in total. The van der Waals surface area contributed by atoms with Crippen molar-refractivity contribution in [1.82, 2.24) is 15.4 Å². The second kappa shape index (κ2) is 11.0. The van der Waals surface area contributed by atoms with Crippen LogP contribution in [0.1, 0.15) is 54.6 Å². The quantitative estimate of drug-likeness (QED) is 0.448. The first kappa shape index (κ1) is 24.2. The number of nitrogens with one attached hydrogen (secondary N) is 2. The van der Waals surface area contributed by atoms with Crippen molar-refractivity contribution in [1.29, 1.82) is 0 Å². The van der Waals surface area contributed by atoms with E-state index in [0.717, 1.165) is 31.4 Å². The number of benzene rings is 2. The number of anilines is 1. The Balaban J connectivity index is 1.31. The van der Waals surface area contributed by atoms with Gasteiger partial charge in [-0.15, -0.1) is 0 Å². The third kappa shape index (κ3) is 6.35. The number of aromatic nitrogens is 2. The lowest BCUT2D eigenvalue weighted by molar-refractivity contribution is -0.146. The summed E-state index contributed by atoms with van der Waals surface area (Å²) >= 11 is 0. The molecule has 3 aromatic rings. The summed E-state index contributed by atoms with van der Waals surface area (Å²) in [6.07, 6.45) is 4.70. The molecule has 182 valence electrons. The van der Waals surface area contributed by atoms with E-state index < -0.39 is 11.9 Å². The van der Waals surface area contributed by atoms with Crippen LogP contribution >= 0.6 is 0 Å². The largest absolute Gasteiger partial charge is 0.504 e. The van der Waals surface area contributed by atoms with E-state index in [2.05, 4.69) is 56.5 Å². The number of carbonyl (C=O) groups is 2. The first-order valence-electron chi connectivity index (χ1n) is 11.9. The van der Waals surface area contributed by atoms with Crippen LogP contribution < -0.4 is 10.8 Å². The summed E-state index contributed by atoms with van der Waals surface area (Å²) in [4.78, 5) is 36.3. The van der Waals surface area contributed by atoms with Crippen molar-refractivity contribution in [3.63, 3.8) is 0 Å². The van der Waals surface area contributed by atoms with E-state index in [-0.39, 0.29) is 11.4 Å². The van der Waals surface area contributed by atoms with Gasteiger partial charge in [0.25, 0.3) is 0 Å². The number of aryl methyl sites for hydroxylation is 1. The molecule has 1 aromatic heterocycles. The number of rotatable bonds is 6. The number of carbonyl (C=O) groups excluding carboxylic acids is 2. The van der Waals surface area contributed by atoms with Gasteiger partial charge in [0.05, 0.1) is 5.69 Å². The van der Waals surface area contributed by atoms with Crippen molar-refractivity contribution in [2.75, 3.05) is 5.32 Å². The molecule has 0 bridgehead atoms. The molecular formula is C27H30N4O4. The maximum Gasteiger partial charge on any atom is 0.329 e. The Morgan fingerprint density at radius 1 is 0.971 bits per heavy atom. The average Bonchev–Trinajstić information content (AvgIpc) is 2.87. The first-order chi connectivity index (χ1) is 16.9. The van der Waals surface area contributed by atoms with Crippen LogP contribution in [0.3, 0.4) is 0 Å². The fourth-order valence-electron chi connectivity index (χ4n) is 4.44. The Labute approximate surface area is 204 Å². The van der Waals surface area contributed by atoms with E-state index in [0.29, 0.717) is 29.9 Å². The summed E-state index contributed by atoms with van der Waals surface area (Å²) in [5.41, 5.74) is 5.64. The highest BCUT2D eigenvalue weighted by atomic mass is 16.7. The SMILES string of the molecule is CC(=O)ONC(=O)c1nc(CC2CCC(Nc3ccc(-c4ccccc4)cc3)CC2)nc(C)c1O. The molecule has 4 rings (SSSR count). The Kier molecular flexibility index (Phi) is 7.60. The van der Waals surface area contributed by atoms with Crippen LogP contribution in [0.2, 0.25) is 0 Å². The zero-order valence-electron chi connectivity index (χ0n) is 20.0. The van der Waals surface area contributed by atoms with Crippen LogP contribution in [0.25, 0.3) is 11.1 Å². The van der Waals surface area contributed by atoms with Crippen molar-refractivity contribution < 1.29 is 19.5 Å². The fraction of sp³-hybridized carbons (Fsp3) is 0.333. The maximum absolute atomic E-state index is 12.2. The molecule has 3 N–H and O–H groups in total. The van der Waals surface area contributed by atoms with Gasteiger partial charge in [0.15, 0.2) is 11.4 Å². The van der Waals surface area contributed by atoms with E-state index in [4.69, 9.17) is 0 Å². The zero-order chi connectivity index (χ0) is 24.8. The van der Waals surface area contributed by atoms with Gasteiger partial charge in [-0.1, -0.05) is 42.5 Å². The molecule has 1 amide bonds. The van der Waals surface area contributed by atoms with E-state index in [1.807, 2.05) is 23.7 Å². The number of hydrogen-bond donors (Lipinski definition) is 3. The summed E-state index contributed by atoms with van der Waals surface area (Å²) in [5.74, 6) is -0.871. The van der Waals surface area contributed by atoms with Gasteiger partial charge < -0.3 is 15.3 Å². The van der Waals surface area contributed by atoms with Crippen LogP contribution in [0.4, 0.5) is 5.69 Å². The summed E-state index contributed by atoms with van der Waals surface area (Å²) in [5, 5.41) is 13.8. The third-order valence-corrected chi connectivity index (χ3v) is 6.29. The molecule has 0 atom stereocenters. The third-order valence-electron chi connectivity index (χ3n) is 6.29. The molecule has 0 saturated heterocycles. The molecule has 1 heterocycles. The molecule has 8 heteroatoms. The number of amides is 1. The van der Waals surface area contributed by atoms with E-state index in [9.17, 15) is 14.7 Å². The lowest BCUT2D eigenvalue weighted by atomic mass is 9.84. The van der Waals surface area contributed by atoms with Gasteiger partial charge in [0.2, 0.25) is 0 Å². The second-order valence-corrected chi connectivity index (χ2v) is 8.96. The van der Waals surface area contributed by atoms with Crippen molar-refractivity contribution >= 4 is 17.6 Å². The standard InChI is InChI=1S/C27H30N4O4/c1-17-26(33)25(27(34)31-35-18(2)32)30-24(28-17)16-19-8-12-22(13-9-19)29-23-14-10-21(11-15-23)20-6-4-3-5-7-20/h3-7,10-11,14-15,19,22,29,33H,8-9,12-13,16H2,1-2H3,(H,31,34). The zero-order valence-corrected chi connectivity index (χ0v) is 20.0. The van der Waals surface area contributed by atoms with E-state index in [1.54, 1.807) is 6.92 Å². The Morgan fingerprint density at radius 3 is 2.29 bits per heavy atom. The molecule has 2 aromatic carbocycles. The van der Waals surface area contributed by atoms with E-state index >= 15 is 0 Å². The van der Waals surface area contributed by atoms with Crippen molar-refractivity contribution in [3.05, 3.63) is 71.8 Å². The molecule has 1 aliphatic rings. The van der Waals surface area contributed by atoms with Crippen LogP contribution in [-0.2, 0) is 16.1 Å². The minimum Gasteiger partial charge on any atom is -0.504 e. The molecule has 0 unspecified atom stereocenters. The van der Waals surface area contributed by atoms with Crippen molar-refractivity contribution in [2.24, 2.45) is 5.92 Å². The Morgan fingerprint density at radius 2 is 1.63 bits per heavy atom. The molecule has 0 aliphatic heterocycles. The van der Waals surface area contributed by atoms with Crippen LogP contribution in [0.5, 0.6) is 5.75 Å². The van der Waals surface area contributed by atoms with Gasteiger partial charge in [0, 0.05) is 25.1 Å². The molecule has 0 radical (unpaired) electrons. The molecule has 1 fully saturated rings. The number of aromatic hydroxyl groups is 1. The van der Waals surface area contributed by atoms with Crippen molar-refractivity contribution in [3.8, 4) is 16.9 Å². The molecule has 0 spiro atoms. The normalized spacial score (nSPS) is 17.4. The lowest BCUT2D eigenvalue weighted by Gasteiger charge is -2.29. The second-order valence-electron chi connectivity index (χ2n) is 8.96. The number of hydrogen-bond acceptors (Lipinski definition) is 7. The fourth-order valence-corrected chi connectivity index (χ4v) is 4.44. The highest BCUT2D eigenvalue weighted by Crippen LogP contribution is 2.30. The predicted octanol–water partition coefficient (Wildman–Crippen LogP) is 4.58. The highest BCUT2D eigenvalue weighted by Gasteiger charge is 2.24. The minimum absolute atomic E-state index is 0.192. The smallest absolute Gasteiger partial charge is 0.329 e. The maximum atomic E-state index is 12.2. The van der Waals surface area contributed by atoms with Gasteiger partial charge in [-0.05, 0) is 61.8 Å². The van der Waals surface area contributed by atoms with Gasteiger partial charge in [-0.2, -0.15) is 5.48 Å². The summed E-state index contributed by atoms with van der Waals surface area (Å²) in [7, 11) is 0. The average molecular weight is 475 g/mol. The van der Waals surface area contributed by atoms with Crippen LogP contribution in [0.15, 0.2) is 54.6 Å². The van der Waals surface area contributed by atoms with Gasteiger partial charge in [-0.25, -0.2) is 9.97 Å². The van der Waals surface area contributed by atoms with Crippen LogP contribution in [-0.4, -0.2) is 33.0 Å². The summed E-state index contributed by atoms with van der Waals surface area (Å²) in [6, 6.07) is 19.3. The van der Waals surface area contributed by atoms with Crippen molar-refractivity contribution in [2.45, 2.75) is 52.0 Å². The minimum atomic E-state index is -0.782. The monoisotopic (exact) mass is 474 g/mol. The number of nitrogens with zero attached hydrogens (tertiary/aromatic N) is 2. The molecule has 35 heavy (non-hydrogen) atoms. The number of hydroxylamine groups is 1. The Bertz CT molecular complexity index is 1170. The topological polar surface area (TPSA) is 113 Å². The molecule has 1 aliphatic carbocycles. The predicted molar refractivity (Wildman–Crippen MR) is 133 cm³/mol. The summed E-state index contributed by atoms with van der Waals surface area (Å²) < 4.78 is 0. The molecule has 1 saturated carbocycles. The van der Waals surface area contributed by atoms with Crippen LogP contribution in [0, 0.1) is 12.8 Å². The lowest BCUT2D eigenvalue weighted by Crippen LogP contribution is -2.28. The van der Waals surface area contributed by atoms with Gasteiger partial charge >= 0.3 is 11.9 Å².